The Hall–Kier alpha value is -2.17. The van der Waals surface area contributed by atoms with E-state index in [1.54, 1.807) is 13.2 Å². The zero-order valence-corrected chi connectivity index (χ0v) is 8.80. The van der Waals surface area contributed by atoms with E-state index in [4.69, 9.17) is 20.4 Å². The van der Waals surface area contributed by atoms with Gasteiger partial charge >= 0.3 is 0 Å². The Morgan fingerprint density at radius 1 is 1.56 bits per heavy atom. The second kappa shape index (κ2) is 4.14. The van der Waals surface area contributed by atoms with Crippen LogP contribution >= 0.6 is 0 Å². The molecule has 0 atom stereocenters. The SMILES string of the molecule is COc1ccc2c(c1)OCC(/C(N)=N\O)=C2. The number of hydrogen-bond acceptors (Lipinski definition) is 4. The van der Waals surface area contributed by atoms with Gasteiger partial charge < -0.3 is 20.4 Å². The Bertz CT molecular complexity index is 466. The average molecular weight is 220 g/mol. The monoisotopic (exact) mass is 220 g/mol. The lowest BCUT2D eigenvalue weighted by atomic mass is 10.1. The summed E-state index contributed by atoms with van der Waals surface area (Å²) in [6.07, 6.45) is 1.83. The van der Waals surface area contributed by atoms with E-state index in [1.165, 1.54) is 0 Å². The topological polar surface area (TPSA) is 77.1 Å². The Balaban J connectivity index is 2.38. The third kappa shape index (κ3) is 1.79. The van der Waals surface area contributed by atoms with Crippen LogP contribution < -0.4 is 15.2 Å². The molecule has 1 heterocycles. The van der Waals surface area contributed by atoms with Crippen LogP contribution in [0.4, 0.5) is 0 Å². The lowest BCUT2D eigenvalue weighted by molar-refractivity contribution is 0.315. The standard InChI is InChI=1S/C11H12N2O3/c1-15-9-3-2-7-4-8(11(12)13-14)6-16-10(7)5-9/h2-5,14H,6H2,1H3,(H2,12,13). The Labute approximate surface area is 92.8 Å². The molecule has 0 saturated carbocycles. The number of hydrogen-bond donors (Lipinski definition) is 2. The summed E-state index contributed by atoms with van der Waals surface area (Å²) in [5.74, 6) is 1.54. The molecule has 0 radical (unpaired) electrons. The molecule has 16 heavy (non-hydrogen) atoms. The molecule has 5 nitrogen and oxygen atoms in total. The maximum Gasteiger partial charge on any atom is 0.169 e. The van der Waals surface area contributed by atoms with Gasteiger partial charge in [0.1, 0.15) is 18.1 Å². The van der Waals surface area contributed by atoms with Crippen molar-refractivity contribution in [2.45, 2.75) is 0 Å². The number of methoxy groups -OCH3 is 1. The van der Waals surface area contributed by atoms with Gasteiger partial charge in [-0.15, -0.1) is 0 Å². The molecule has 1 aromatic carbocycles. The van der Waals surface area contributed by atoms with Crippen molar-refractivity contribution in [1.82, 2.24) is 0 Å². The highest BCUT2D eigenvalue weighted by Gasteiger charge is 2.14. The zero-order chi connectivity index (χ0) is 11.5. The van der Waals surface area contributed by atoms with E-state index >= 15 is 0 Å². The van der Waals surface area contributed by atoms with Gasteiger partial charge in [-0.05, 0) is 18.2 Å². The maximum absolute atomic E-state index is 8.56. The molecule has 0 unspecified atom stereocenters. The molecule has 0 bridgehead atoms. The highest BCUT2D eigenvalue weighted by atomic mass is 16.5. The Morgan fingerprint density at radius 2 is 2.38 bits per heavy atom. The highest BCUT2D eigenvalue weighted by molar-refractivity contribution is 6.01. The van der Waals surface area contributed by atoms with E-state index < -0.39 is 0 Å². The Kier molecular flexibility index (Phi) is 2.68. The quantitative estimate of drug-likeness (QED) is 0.340. The van der Waals surface area contributed by atoms with Gasteiger partial charge in [0, 0.05) is 17.2 Å². The largest absolute Gasteiger partial charge is 0.497 e. The number of nitrogens with two attached hydrogens (primary N) is 1. The summed E-state index contributed by atoms with van der Waals surface area (Å²) in [5.41, 5.74) is 7.02. The van der Waals surface area contributed by atoms with Crippen molar-refractivity contribution in [1.29, 1.82) is 0 Å². The summed E-state index contributed by atoms with van der Waals surface area (Å²) in [5, 5.41) is 11.5. The first-order valence-corrected chi connectivity index (χ1v) is 4.74. The molecule has 1 aliphatic heterocycles. The summed E-state index contributed by atoms with van der Waals surface area (Å²) >= 11 is 0. The number of benzene rings is 1. The summed E-state index contributed by atoms with van der Waals surface area (Å²) in [7, 11) is 1.60. The Morgan fingerprint density at radius 3 is 3.06 bits per heavy atom. The summed E-state index contributed by atoms with van der Waals surface area (Å²) in [6, 6.07) is 5.49. The van der Waals surface area contributed by atoms with Gasteiger partial charge in [-0.3, -0.25) is 0 Å². The smallest absolute Gasteiger partial charge is 0.169 e. The van der Waals surface area contributed by atoms with Crippen molar-refractivity contribution in [3.05, 3.63) is 29.3 Å². The van der Waals surface area contributed by atoms with Gasteiger partial charge in [0.25, 0.3) is 0 Å². The second-order valence-electron chi connectivity index (χ2n) is 3.35. The number of nitrogens with zero attached hydrogens (tertiary/aromatic N) is 1. The van der Waals surface area contributed by atoms with Gasteiger partial charge in [0.2, 0.25) is 0 Å². The summed E-state index contributed by atoms with van der Waals surface area (Å²) in [4.78, 5) is 0. The number of ether oxygens (including phenoxy) is 2. The van der Waals surface area contributed by atoms with Crippen LogP contribution in [0.1, 0.15) is 5.56 Å². The molecule has 0 amide bonds. The van der Waals surface area contributed by atoms with Crippen LogP contribution in [0.15, 0.2) is 28.9 Å². The highest BCUT2D eigenvalue weighted by Crippen LogP contribution is 2.30. The second-order valence-corrected chi connectivity index (χ2v) is 3.35. The molecule has 1 aliphatic rings. The van der Waals surface area contributed by atoms with E-state index in [9.17, 15) is 0 Å². The van der Waals surface area contributed by atoms with Gasteiger partial charge in [0.05, 0.1) is 7.11 Å². The minimum atomic E-state index is 0.0708. The van der Waals surface area contributed by atoms with E-state index in [-0.39, 0.29) is 12.4 Å². The van der Waals surface area contributed by atoms with Crippen molar-refractivity contribution < 1.29 is 14.7 Å². The van der Waals surface area contributed by atoms with E-state index in [0.717, 1.165) is 17.1 Å². The van der Waals surface area contributed by atoms with Crippen LogP contribution in [0, 0.1) is 0 Å². The van der Waals surface area contributed by atoms with Crippen LogP contribution in [0.3, 0.4) is 0 Å². The normalized spacial score (nSPS) is 14.8. The number of amidine groups is 1. The average Bonchev–Trinajstić information content (AvgIpc) is 2.36. The van der Waals surface area contributed by atoms with Crippen molar-refractivity contribution in [3.8, 4) is 11.5 Å². The van der Waals surface area contributed by atoms with Crippen molar-refractivity contribution >= 4 is 11.9 Å². The molecular formula is C11H12N2O3. The fraction of sp³-hybridized carbons (Fsp3) is 0.182. The third-order valence-electron chi connectivity index (χ3n) is 2.37. The molecule has 0 fully saturated rings. The van der Waals surface area contributed by atoms with Gasteiger partial charge in [-0.25, -0.2) is 0 Å². The molecule has 3 N–H and O–H groups in total. The zero-order valence-electron chi connectivity index (χ0n) is 8.80. The summed E-state index contributed by atoms with van der Waals surface area (Å²) < 4.78 is 10.6. The lowest BCUT2D eigenvalue weighted by Crippen LogP contribution is -2.21. The molecule has 0 spiro atoms. The summed E-state index contributed by atoms with van der Waals surface area (Å²) in [6.45, 7) is 0.288. The number of fused-ring (bicyclic) bond motifs is 1. The van der Waals surface area contributed by atoms with E-state index in [0.29, 0.717) is 5.57 Å². The van der Waals surface area contributed by atoms with Gasteiger partial charge in [-0.1, -0.05) is 5.16 Å². The van der Waals surface area contributed by atoms with Crippen LogP contribution in [-0.2, 0) is 0 Å². The predicted molar refractivity (Wildman–Crippen MR) is 59.9 cm³/mol. The van der Waals surface area contributed by atoms with Crippen molar-refractivity contribution in [3.63, 3.8) is 0 Å². The first kappa shape index (κ1) is 10.4. The third-order valence-corrected chi connectivity index (χ3v) is 2.37. The van der Waals surface area contributed by atoms with Crippen LogP contribution in [0.5, 0.6) is 11.5 Å². The number of rotatable bonds is 2. The molecule has 0 aromatic heterocycles. The molecule has 0 saturated heterocycles. The first-order chi connectivity index (χ1) is 7.74. The van der Waals surface area contributed by atoms with Crippen LogP contribution in [0.2, 0.25) is 0 Å². The van der Waals surface area contributed by atoms with E-state index in [1.807, 2.05) is 18.2 Å². The molecule has 2 rings (SSSR count). The first-order valence-electron chi connectivity index (χ1n) is 4.74. The number of oxime groups is 1. The van der Waals surface area contributed by atoms with Crippen LogP contribution in [-0.4, -0.2) is 24.8 Å². The van der Waals surface area contributed by atoms with Crippen molar-refractivity contribution in [2.75, 3.05) is 13.7 Å². The molecule has 5 heteroatoms. The minimum absolute atomic E-state index is 0.0708. The fourth-order valence-corrected chi connectivity index (χ4v) is 1.48. The van der Waals surface area contributed by atoms with Crippen molar-refractivity contribution in [2.24, 2.45) is 10.9 Å². The molecule has 0 aliphatic carbocycles. The van der Waals surface area contributed by atoms with Gasteiger partial charge in [0.15, 0.2) is 5.84 Å². The molecule has 84 valence electrons. The van der Waals surface area contributed by atoms with Gasteiger partial charge in [-0.2, -0.15) is 0 Å². The minimum Gasteiger partial charge on any atom is -0.497 e. The maximum atomic E-state index is 8.56. The predicted octanol–water partition coefficient (Wildman–Crippen LogP) is 1.22. The fourth-order valence-electron chi connectivity index (χ4n) is 1.48. The van der Waals surface area contributed by atoms with E-state index in [2.05, 4.69) is 5.16 Å². The molecular weight excluding hydrogens is 208 g/mol. The lowest BCUT2D eigenvalue weighted by Gasteiger charge is -2.17. The molecule has 1 aromatic rings. The van der Waals surface area contributed by atoms with Crippen LogP contribution in [0.25, 0.3) is 6.08 Å².